The molecule has 7 nitrogen and oxygen atoms in total. The lowest BCUT2D eigenvalue weighted by atomic mass is 10.2. The lowest BCUT2D eigenvalue weighted by Crippen LogP contribution is -2.22. The fourth-order valence-electron chi connectivity index (χ4n) is 2.83. The summed E-state index contributed by atoms with van der Waals surface area (Å²) in [4.78, 5) is 28.7. The molecule has 4 aromatic rings. The molecule has 0 unspecified atom stereocenters. The third-order valence-electron chi connectivity index (χ3n) is 4.07. The van der Waals surface area contributed by atoms with E-state index in [4.69, 9.17) is 14.6 Å². The van der Waals surface area contributed by atoms with Gasteiger partial charge in [0.25, 0.3) is 5.56 Å². The fraction of sp³-hybridized carbons (Fsp3) is 0.105. The second-order valence-electron chi connectivity index (χ2n) is 5.84. The van der Waals surface area contributed by atoms with Crippen LogP contribution in [-0.4, -0.2) is 34.2 Å². The lowest BCUT2D eigenvalue weighted by Gasteiger charge is -2.11. The van der Waals surface area contributed by atoms with Crippen LogP contribution in [-0.2, 0) is 4.79 Å². The molecule has 0 aliphatic rings. The molecule has 0 spiro atoms. The van der Waals surface area contributed by atoms with Gasteiger partial charge in [-0.25, -0.2) is 14.2 Å². The number of fused-ring (bicyclic) bond motifs is 3. The van der Waals surface area contributed by atoms with Gasteiger partial charge in [-0.2, -0.15) is 0 Å². The van der Waals surface area contributed by atoms with E-state index in [9.17, 15) is 9.59 Å². The number of halogens is 1. The van der Waals surface area contributed by atoms with Gasteiger partial charge in [0.05, 0.1) is 22.7 Å². The molecule has 4 rings (SSSR count). The average Bonchev–Trinajstić information content (AvgIpc) is 3.18. The van der Waals surface area contributed by atoms with Gasteiger partial charge in [-0.3, -0.25) is 4.79 Å². The van der Waals surface area contributed by atoms with Crippen molar-refractivity contribution in [2.75, 3.05) is 13.7 Å². The second kappa shape index (κ2) is 7.25. The molecular formula is C19H13BrN2O5S. The highest BCUT2D eigenvalue weighted by molar-refractivity contribution is 9.10. The number of rotatable bonds is 5. The molecule has 0 radical (unpaired) electrons. The third-order valence-corrected chi connectivity index (χ3v) is 5.72. The largest absolute Gasteiger partial charge is 0.493 e. The van der Waals surface area contributed by atoms with Crippen LogP contribution in [0.1, 0.15) is 5.56 Å². The van der Waals surface area contributed by atoms with E-state index in [0.717, 1.165) is 11.0 Å². The van der Waals surface area contributed by atoms with E-state index in [-0.39, 0.29) is 5.56 Å². The molecule has 0 aliphatic carbocycles. The van der Waals surface area contributed by atoms with Crippen LogP contribution >= 0.6 is 27.3 Å². The van der Waals surface area contributed by atoms with E-state index in [2.05, 4.69) is 20.9 Å². The van der Waals surface area contributed by atoms with Gasteiger partial charge in [-0.15, -0.1) is 0 Å². The van der Waals surface area contributed by atoms with Crippen molar-refractivity contribution in [1.29, 1.82) is 0 Å². The number of aromatic nitrogens is 2. The predicted molar refractivity (Wildman–Crippen MR) is 109 cm³/mol. The Kier molecular flexibility index (Phi) is 4.78. The van der Waals surface area contributed by atoms with Crippen molar-refractivity contribution in [1.82, 2.24) is 9.38 Å². The van der Waals surface area contributed by atoms with Gasteiger partial charge in [0.2, 0.25) is 0 Å². The van der Waals surface area contributed by atoms with Gasteiger partial charge >= 0.3 is 5.97 Å². The van der Waals surface area contributed by atoms with Crippen LogP contribution in [0.2, 0.25) is 0 Å². The minimum Gasteiger partial charge on any atom is -0.493 e. The Balaban J connectivity index is 1.83. The number of ether oxygens (including phenoxy) is 2. The molecule has 0 atom stereocenters. The van der Waals surface area contributed by atoms with Gasteiger partial charge in [0, 0.05) is 4.47 Å². The highest BCUT2D eigenvalue weighted by atomic mass is 79.9. The number of benzene rings is 2. The Morgan fingerprint density at radius 1 is 1.32 bits per heavy atom. The molecule has 2 heterocycles. The van der Waals surface area contributed by atoms with Crippen molar-refractivity contribution in [3.8, 4) is 11.5 Å². The topological polar surface area (TPSA) is 90.1 Å². The Morgan fingerprint density at radius 2 is 2.11 bits per heavy atom. The zero-order valence-corrected chi connectivity index (χ0v) is 16.9. The third kappa shape index (κ3) is 3.23. The quantitative estimate of drug-likeness (QED) is 0.492. The van der Waals surface area contributed by atoms with E-state index < -0.39 is 12.6 Å². The van der Waals surface area contributed by atoms with Gasteiger partial charge < -0.3 is 14.6 Å². The number of aliphatic carboxylic acids is 1. The highest BCUT2D eigenvalue weighted by Crippen LogP contribution is 2.34. The molecule has 2 aromatic carbocycles. The molecule has 2 aromatic heterocycles. The number of imidazole rings is 1. The molecular weight excluding hydrogens is 448 g/mol. The molecule has 0 bridgehead atoms. The van der Waals surface area contributed by atoms with Crippen LogP contribution < -0.4 is 19.6 Å². The second-order valence-corrected chi connectivity index (χ2v) is 7.70. The lowest BCUT2D eigenvalue weighted by molar-refractivity contribution is -0.139. The molecule has 1 N–H and O–H groups in total. The summed E-state index contributed by atoms with van der Waals surface area (Å²) < 4.78 is 13.3. The standard InChI is InChI=1S/C19H13BrN2O5S/c1-26-14-6-10(11(20)8-15(14)27-9-17(23)24)7-16-18(25)22-13-5-3-2-4-12(13)21-19(22)28-16/h2-8H,9H2,1H3,(H,23,24)/b16-7+. The minimum atomic E-state index is -1.08. The van der Waals surface area contributed by atoms with Crippen LogP contribution in [0.4, 0.5) is 0 Å². The predicted octanol–water partition coefficient (Wildman–Crippen LogP) is 2.69. The molecule has 0 amide bonds. The zero-order chi connectivity index (χ0) is 19.8. The molecule has 0 fully saturated rings. The van der Waals surface area contributed by atoms with Gasteiger partial charge in [-0.1, -0.05) is 39.4 Å². The Bertz CT molecular complexity index is 1330. The van der Waals surface area contributed by atoms with Crippen LogP contribution in [0.25, 0.3) is 22.1 Å². The summed E-state index contributed by atoms with van der Waals surface area (Å²) in [5, 5.41) is 8.79. The first-order valence-corrected chi connectivity index (χ1v) is 9.72. The van der Waals surface area contributed by atoms with Crippen molar-refractivity contribution in [2.45, 2.75) is 0 Å². The van der Waals surface area contributed by atoms with E-state index in [1.54, 1.807) is 22.6 Å². The number of methoxy groups -OCH3 is 1. The summed E-state index contributed by atoms with van der Waals surface area (Å²) in [7, 11) is 1.46. The molecule has 142 valence electrons. The number of hydrogen-bond donors (Lipinski definition) is 1. The van der Waals surface area contributed by atoms with Crippen LogP contribution in [0.3, 0.4) is 0 Å². The number of carbonyl (C=O) groups is 1. The summed E-state index contributed by atoms with van der Waals surface area (Å²) in [5.74, 6) is -0.419. The molecule has 28 heavy (non-hydrogen) atoms. The number of nitrogens with zero attached hydrogens (tertiary/aromatic N) is 2. The molecule has 0 aliphatic heterocycles. The number of para-hydroxylation sites is 2. The molecule has 0 saturated heterocycles. The summed E-state index contributed by atoms with van der Waals surface area (Å²) in [6, 6.07) is 10.8. The molecule has 9 heteroatoms. The van der Waals surface area contributed by atoms with Crippen LogP contribution in [0.15, 0.2) is 45.7 Å². The van der Waals surface area contributed by atoms with E-state index >= 15 is 0 Å². The first kappa shape index (κ1) is 18.5. The normalized spacial score (nSPS) is 12.0. The van der Waals surface area contributed by atoms with Crippen LogP contribution in [0, 0.1) is 0 Å². The summed E-state index contributed by atoms with van der Waals surface area (Å²) in [5.41, 5.74) is 2.10. The Hall–Kier alpha value is -2.91. The van der Waals surface area contributed by atoms with E-state index in [0.29, 0.717) is 31.0 Å². The average molecular weight is 461 g/mol. The summed E-state index contributed by atoms with van der Waals surface area (Å²) in [6.45, 7) is -0.480. The highest BCUT2D eigenvalue weighted by Gasteiger charge is 2.13. The number of carboxylic acid groups (broad SMARTS) is 1. The fourth-order valence-corrected chi connectivity index (χ4v) is 4.24. The van der Waals surface area contributed by atoms with Gasteiger partial charge in [0.15, 0.2) is 23.1 Å². The minimum absolute atomic E-state index is 0.147. The maximum atomic E-state index is 12.9. The first-order chi connectivity index (χ1) is 13.5. The van der Waals surface area contributed by atoms with E-state index in [1.165, 1.54) is 18.4 Å². The van der Waals surface area contributed by atoms with Crippen molar-refractivity contribution in [3.63, 3.8) is 0 Å². The Labute approximate surface area is 170 Å². The van der Waals surface area contributed by atoms with Gasteiger partial charge in [0.1, 0.15) is 0 Å². The van der Waals surface area contributed by atoms with Gasteiger partial charge in [-0.05, 0) is 35.9 Å². The SMILES string of the molecule is COc1cc(/C=c2/sc3nc4ccccc4n3c2=O)c(Br)cc1OCC(=O)O. The monoisotopic (exact) mass is 460 g/mol. The number of hydrogen-bond acceptors (Lipinski definition) is 6. The van der Waals surface area contributed by atoms with Crippen molar-refractivity contribution in [3.05, 3.63) is 61.3 Å². The summed E-state index contributed by atoms with van der Waals surface area (Å²) >= 11 is 4.74. The summed E-state index contributed by atoms with van der Waals surface area (Å²) in [6.07, 6.45) is 1.74. The maximum absolute atomic E-state index is 12.9. The zero-order valence-electron chi connectivity index (χ0n) is 14.5. The maximum Gasteiger partial charge on any atom is 0.341 e. The Morgan fingerprint density at radius 3 is 2.86 bits per heavy atom. The van der Waals surface area contributed by atoms with Crippen LogP contribution in [0.5, 0.6) is 11.5 Å². The van der Waals surface area contributed by atoms with Crippen molar-refractivity contribution >= 4 is 55.3 Å². The van der Waals surface area contributed by atoms with Crippen molar-refractivity contribution in [2.24, 2.45) is 0 Å². The molecule has 0 saturated carbocycles. The first-order valence-electron chi connectivity index (χ1n) is 8.12. The number of thiazole rings is 1. The van der Waals surface area contributed by atoms with E-state index in [1.807, 2.05) is 24.3 Å². The smallest absolute Gasteiger partial charge is 0.341 e. The van der Waals surface area contributed by atoms with Crippen molar-refractivity contribution < 1.29 is 19.4 Å². The number of carboxylic acids is 1.